The number of nitrogens with one attached hydrogen (secondary N) is 2. The third-order valence-corrected chi connectivity index (χ3v) is 2.83. The lowest BCUT2D eigenvalue weighted by Crippen LogP contribution is -2.27. The van der Waals surface area contributed by atoms with Crippen LogP contribution in [-0.2, 0) is 22.7 Å². The Labute approximate surface area is 111 Å². The number of fused-ring (bicyclic) bond motifs is 1. The molecule has 2 N–H and O–H groups in total. The van der Waals surface area contributed by atoms with Crippen LogP contribution in [0.25, 0.3) is 0 Å². The number of benzene rings is 1. The van der Waals surface area contributed by atoms with Gasteiger partial charge in [-0.2, -0.15) is 0 Å². The summed E-state index contributed by atoms with van der Waals surface area (Å²) in [5, 5.41) is 5.64. The molecule has 0 unspecified atom stereocenters. The van der Waals surface area contributed by atoms with Crippen LogP contribution >= 0.6 is 0 Å². The molecule has 0 bridgehead atoms. The van der Waals surface area contributed by atoms with Gasteiger partial charge in [0, 0.05) is 30.6 Å². The van der Waals surface area contributed by atoms with Gasteiger partial charge >= 0.3 is 0 Å². The molecule has 1 amide bonds. The summed E-state index contributed by atoms with van der Waals surface area (Å²) in [7, 11) is 1.78. The quantitative estimate of drug-likeness (QED) is 0.833. The van der Waals surface area contributed by atoms with Gasteiger partial charge in [-0.15, -0.1) is 0 Å². The number of hydrogen-bond acceptors (Lipinski definition) is 4. The van der Waals surface area contributed by atoms with Crippen molar-refractivity contribution in [1.29, 1.82) is 0 Å². The van der Waals surface area contributed by atoms with Crippen LogP contribution in [0.5, 0.6) is 5.75 Å². The molecule has 5 nitrogen and oxygen atoms in total. The van der Waals surface area contributed by atoms with Gasteiger partial charge in [0.05, 0.1) is 6.61 Å². The van der Waals surface area contributed by atoms with Crippen LogP contribution in [0.15, 0.2) is 12.1 Å². The molecular formula is C13H17FN2O3. The topological polar surface area (TPSA) is 59.6 Å². The Hall–Kier alpha value is -1.66. The van der Waals surface area contributed by atoms with Crippen LogP contribution in [-0.4, -0.2) is 26.3 Å². The number of rotatable bonds is 5. The lowest BCUT2D eigenvalue weighted by Gasteiger charge is -2.21. The van der Waals surface area contributed by atoms with Crippen molar-refractivity contribution in [3.8, 4) is 5.75 Å². The second-order valence-electron chi connectivity index (χ2n) is 4.29. The molecule has 1 aliphatic rings. The van der Waals surface area contributed by atoms with E-state index in [0.717, 1.165) is 0 Å². The van der Waals surface area contributed by atoms with E-state index in [4.69, 9.17) is 9.47 Å². The first-order chi connectivity index (χ1) is 9.20. The number of ether oxygens (including phenoxy) is 2. The molecule has 0 saturated heterocycles. The van der Waals surface area contributed by atoms with E-state index in [1.807, 2.05) is 0 Å². The summed E-state index contributed by atoms with van der Waals surface area (Å²) in [6.07, 6.45) is 0.387. The second kappa shape index (κ2) is 6.49. The van der Waals surface area contributed by atoms with Crippen molar-refractivity contribution in [3.05, 3.63) is 29.1 Å². The van der Waals surface area contributed by atoms with Crippen LogP contribution in [0.3, 0.4) is 0 Å². The monoisotopic (exact) mass is 268 g/mol. The van der Waals surface area contributed by atoms with Crippen LogP contribution in [0.4, 0.5) is 4.39 Å². The number of hydrogen-bond donors (Lipinski definition) is 2. The highest BCUT2D eigenvalue weighted by Crippen LogP contribution is 2.29. The van der Waals surface area contributed by atoms with E-state index >= 15 is 0 Å². The second-order valence-corrected chi connectivity index (χ2v) is 4.29. The maximum atomic E-state index is 13.4. The Morgan fingerprint density at radius 3 is 3.11 bits per heavy atom. The zero-order chi connectivity index (χ0) is 13.7. The average Bonchev–Trinajstić information content (AvgIpc) is 2.42. The number of carbonyl (C=O) groups excluding carboxylic acids is 1. The van der Waals surface area contributed by atoms with Crippen LogP contribution in [0.1, 0.15) is 17.5 Å². The zero-order valence-corrected chi connectivity index (χ0v) is 10.8. The summed E-state index contributed by atoms with van der Waals surface area (Å²) in [6.45, 7) is 1.34. The Kier molecular flexibility index (Phi) is 4.70. The van der Waals surface area contributed by atoms with Gasteiger partial charge in [-0.1, -0.05) is 0 Å². The molecule has 0 atom stereocenters. The maximum absolute atomic E-state index is 13.4. The minimum Gasteiger partial charge on any atom is -0.467 e. The fourth-order valence-corrected chi connectivity index (χ4v) is 1.91. The first-order valence-corrected chi connectivity index (χ1v) is 6.14. The third kappa shape index (κ3) is 3.65. The van der Waals surface area contributed by atoms with Gasteiger partial charge in [0.15, 0.2) is 6.79 Å². The first-order valence-electron chi connectivity index (χ1n) is 6.14. The standard InChI is InChI=1S/C13H17FN2O3/c1-15-3-2-12(17)16-6-9-4-11(14)5-10-7-18-8-19-13(9)10/h4-5,15H,2-3,6-8H2,1H3,(H,16,17). The molecule has 0 saturated carbocycles. The van der Waals surface area contributed by atoms with Crippen molar-refractivity contribution in [2.24, 2.45) is 0 Å². The third-order valence-electron chi connectivity index (χ3n) is 2.83. The molecule has 1 aliphatic heterocycles. The van der Waals surface area contributed by atoms with Crippen molar-refractivity contribution in [2.75, 3.05) is 20.4 Å². The van der Waals surface area contributed by atoms with Gasteiger partial charge in [0.1, 0.15) is 11.6 Å². The van der Waals surface area contributed by atoms with Gasteiger partial charge in [0.25, 0.3) is 0 Å². The van der Waals surface area contributed by atoms with Gasteiger partial charge in [0.2, 0.25) is 5.91 Å². The molecule has 0 aliphatic carbocycles. The number of halogens is 1. The largest absolute Gasteiger partial charge is 0.467 e. The van der Waals surface area contributed by atoms with E-state index in [9.17, 15) is 9.18 Å². The van der Waals surface area contributed by atoms with Gasteiger partial charge in [-0.05, 0) is 19.2 Å². The summed E-state index contributed by atoms with van der Waals surface area (Å²) >= 11 is 0. The highest BCUT2D eigenvalue weighted by Gasteiger charge is 2.17. The molecule has 2 rings (SSSR count). The minimum absolute atomic E-state index is 0.0839. The molecule has 0 fully saturated rings. The lowest BCUT2D eigenvalue weighted by molar-refractivity contribution is -0.121. The molecular weight excluding hydrogens is 251 g/mol. The van der Waals surface area contributed by atoms with E-state index in [0.29, 0.717) is 36.4 Å². The normalized spacial score (nSPS) is 13.6. The Morgan fingerprint density at radius 2 is 2.32 bits per heavy atom. The van der Waals surface area contributed by atoms with Gasteiger partial charge in [-0.25, -0.2) is 4.39 Å². The molecule has 0 radical (unpaired) electrons. The van der Waals surface area contributed by atoms with Crippen LogP contribution in [0, 0.1) is 5.82 Å². The predicted molar refractivity (Wildman–Crippen MR) is 67.1 cm³/mol. The number of carbonyl (C=O) groups is 1. The fraction of sp³-hybridized carbons (Fsp3) is 0.462. The van der Waals surface area contributed by atoms with E-state index in [1.54, 1.807) is 7.05 Å². The van der Waals surface area contributed by atoms with E-state index in [1.165, 1.54) is 12.1 Å². The van der Waals surface area contributed by atoms with E-state index in [2.05, 4.69) is 10.6 Å². The first kappa shape index (κ1) is 13.8. The molecule has 19 heavy (non-hydrogen) atoms. The molecule has 104 valence electrons. The van der Waals surface area contributed by atoms with Crippen molar-refractivity contribution < 1.29 is 18.7 Å². The SMILES string of the molecule is CNCCC(=O)NCc1cc(F)cc2c1OCOC2. The van der Waals surface area contributed by atoms with Gasteiger partial charge < -0.3 is 20.1 Å². The molecule has 1 aromatic rings. The van der Waals surface area contributed by atoms with Crippen molar-refractivity contribution in [1.82, 2.24) is 10.6 Å². The van der Waals surface area contributed by atoms with Crippen LogP contribution in [0.2, 0.25) is 0 Å². The molecule has 0 aromatic heterocycles. The molecule has 6 heteroatoms. The highest BCUT2D eigenvalue weighted by molar-refractivity contribution is 5.76. The minimum atomic E-state index is -0.354. The molecule has 0 spiro atoms. The summed E-state index contributed by atoms with van der Waals surface area (Å²) in [5.74, 6) is 0.174. The van der Waals surface area contributed by atoms with Crippen molar-refractivity contribution in [3.63, 3.8) is 0 Å². The fourth-order valence-electron chi connectivity index (χ4n) is 1.91. The van der Waals surface area contributed by atoms with Gasteiger partial charge in [-0.3, -0.25) is 4.79 Å². The summed E-state index contributed by atoms with van der Waals surface area (Å²) < 4.78 is 23.9. The van der Waals surface area contributed by atoms with E-state index < -0.39 is 0 Å². The van der Waals surface area contributed by atoms with Crippen molar-refractivity contribution >= 4 is 5.91 Å². The Morgan fingerprint density at radius 1 is 1.47 bits per heavy atom. The maximum Gasteiger partial charge on any atom is 0.221 e. The Balaban J connectivity index is 2.03. The smallest absolute Gasteiger partial charge is 0.221 e. The highest BCUT2D eigenvalue weighted by atomic mass is 19.1. The number of amides is 1. The Bertz CT molecular complexity index is 465. The zero-order valence-electron chi connectivity index (χ0n) is 10.8. The lowest BCUT2D eigenvalue weighted by atomic mass is 10.1. The van der Waals surface area contributed by atoms with Crippen LogP contribution < -0.4 is 15.4 Å². The van der Waals surface area contributed by atoms with Crippen molar-refractivity contribution in [2.45, 2.75) is 19.6 Å². The molecule has 1 aromatic carbocycles. The van der Waals surface area contributed by atoms with E-state index in [-0.39, 0.29) is 25.1 Å². The summed E-state index contributed by atoms with van der Waals surface area (Å²) in [4.78, 5) is 11.5. The summed E-state index contributed by atoms with van der Waals surface area (Å²) in [5.41, 5.74) is 1.31. The summed E-state index contributed by atoms with van der Waals surface area (Å²) in [6, 6.07) is 2.77. The predicted octanol–water partition coefficient (Wildman–Crippen LogP) is 0.918. The average molecular weight is 268 g/mol. The molecule has 1 heterocycles.